The van der Waals surface area contributed by atoms with E-state index in [4.69, 9.17) is 27.8 Å². The normalized spacial score (nSPS) is 11.3. The lowest BCUT2D eigenvalue weighted by atomic mass is 10.0. The molecule has 4 aromatic rings. The highest BCUT2D eigenvalue weighted by molar-refractivity contribution is 7.14. The van der Waals surface area contributed by atoms with Crippen molar-refractivity contribution < 1.29 is 9.08 Å². The third kappa shape index (κ3) is 3.01. The number of halogens is 2. The summed E-state index contributed by atoms with van der Waals surface area (Å²) in [6.45, 7) is 0.316. The third-order valence-corrected chi connectivity index (χ3v) is 6.52. The molecular weight excluding hydrogens is 419 g/mol. The monoisotopic (exact) mass is 426 g/mol. The van der Waals surface area contributed by atoms with Crippen molar-refractivity contribution in [2.75, 3.05) is 0 Å². The quantitative estimate of drug-likeness (QED) is 0.356. The molecular formula is C16H8Cl2N2O2S3. The van der Waals surface area contributed by atoms with E-state index in [1.807, 2.05) is 29.0 Å². The second kappa shape index (κ2) is 7.11. The van der Waals surface area contributed by atoms with Crippen LogP contribution >= 0.6 is 57.9 Å². The van der Waals surface area contributed by atoms with Crippen LogP contribution in [0.3, 0.4) is 0 Å². The molecule has 0 aliphatic heterocycles. The Kier molecular flexibility index (Phi) is 4.86. The van der Waals surface area contributed by atoms with Gasteiger partial charge in [0.1, 0.15) is 11.0 Å². The first-order valence-corrected chi connectivity index (χ1v) is 10.2. The molecule has 4 rings (SSSR count). The van der Waals surface area contributed by atoms with E-state index in [2.05, 4.69) is 8.75 Å². The van der Waals surface area contributed by atoms with Gasteiger partial charge in [0.2, 0.25) is 0 Å². The van der Waals surface area contributed by atoms with Crippen molar-refractivity contribution in [3.05, 3.63) is 46.2 Å². The SMILES string of the molecule is O=C(Cl)c1ccsc1-c1ccc(-c2sccc2COCl)c2nsnc12. The first kappa shape index (κ1) is 17.1. The maximum Gasteiger partial charge on any atom is 0.253 e. The van der Waals surface area contributed by atoms with Crippen LogP contribution in [0.15, 0.2) is 35.0 Å². The van der Waals surface area contributed by atoms with Crippen molar-refractivity contribution in [3.63, 3.8) is 0 Å². The summed E-state index contributed by atoms with van der Waals surface area (Å²) in [6, 6.07) is 7.65. The Morgan fingerprint density at radius 1 is 1.00 bits per heavy atom. The third-order valence-electron chi connectivity index (χ3n) is 3.74. The highest BCUT2D eigenvalue weighted by Gasteiger charge is 2.20. The topological polar surface area (TPSA) is 52.1 Å². The van der Waals surface area contributed by atoms with E-state index >= 15 is 0 Å². The number of fused-ring (bicyclic) bond motifs is 1. The molecule has 9 heteroatoms. The van der Waals surface area contributed by atoms with E-state index in [9.17, 15) is 4.79 Å². The Morgan fingerprint density at radius 3 is 2.32 bits per heavy atom. The van der Waals surface area contributed by atoms with Crippen LogP contribution < -0.4 is 0 Å². The van der Waals surface area contributed by atoms with Gasteiger partial charge in [0.15, 0.2) is 0 Å². The van der Waals surface area contributed by atoms with Gasteiger partial charge < -0.3 is 0 Å². The Bertz CT molecular complexity index is 1070. The van der Waals surface area contributed by atoms with Crippen LogP contribution in [-0.2, 0) is 10.9 Å². The standard InChI is InChI=1S/C16H8Cl2N2O2S3/c17-16(21)11-4-6-24-15(11)10-2-1-9(12-13(10)20-25-19-12)14-8(7-22-18)3-5-23-14/h1-6H,7H2. The van der Waals surface area contributed by atoms with Gasteiger partial charge in [-0.15, -0.1) is 22.7 Å². The Labute approximate surface area is 165 Å². The van der Waals surface area contributed by atoms with Gasteiger partial charge in [0.25, 0.3) is 5.24 Å². The fraction of sp³-hybridized carbons (Fsp3) is 0.0625. The number of nitrogens with zero attached hydrogens (tertiary/aromatic N) is 2. The molecule has 0 aliphatic carbocycles. The van der Waals surface area contributed by atoms with Gasteiger partial charge in [-0.05, 0) is 40.1 Å². The van der Waals surface area contributed by atoms with Gasteiger partial charge in [-0.25, -0.2) is 0 Å². The summed E-state index contributed by atoms with van der Waals surface area (Å²) in [5, 5.41) is 3.36. The number of carbonyl (C=O) groups is 1. The number of hydrogen-bond acceptors (Lipinski definition) is 7. The Hall–Kier alpha value is -1.35. The van der Waals surface area contributed by atoms with Gasteiger partial charge in [-0.2, -0.15) is 8.75 Å². The molecule has 3 heterocycles. The predicted octanol–water partition coefficient (Wildman–Crippen LogP) is 6.20. The average Bonchev–Trinajstić information content (AvgIpc) is 3.34. The van der Waals surface area contributed by atoms with Gasteiger partial charge in [-0.1, -0.05) is 12.1 Å². The van der Waals surface area contributed by atoms with Crippen LogP contribution in [0.25, 0.3) is 31.9 Å². The predicted molar refractivity (Wildman–Crippen MR) is 105 cm³/mol. The zero-order valence-electron chi connectivity index (χ0n) is 12.4. The maximum atomic E-state index is 11.7. The second-order valence-corrected chi connectivity index (χ2v) is 8.01. The van der Waals surface area contributed by atoms with Crippen molar-refractivity contribution in [2.24, 2.45) is 0 Å². The van der Waals surface area contributed by atoms with Crippen molar-refractivity contribution in [1.82, 2.24) is 8.75 Å². The van der Waals surface area contributed by atoms with E-state index in [-0.39, 0.29) is 0 Å². The van der Waals surface area contributed by atoms with Crippen LogP contribution in [0.2, 0.25) is 0 Å². The van der Waals surface area contributed by atoms with E-state index in [1.54, 1.807) is 17.4 Å². The summed E-state index contributed by atoms with van der Waals surface area (Å²) in [6.07, 6.45) is 0. The molecule has 1 aromatic carbocycles. The summed E-state index contributed by atoms with van der Waals surface area (Å²) in [4.78, 5) is 13.5. The molecule has 0 N–H and O–H groups in total. The molecule has 0 amide bonds. The van der Waals surface area contributed by atoms with Crippen molar-refractivity contribution in [2.45, 2.75) is 6.61 Å². The number of thiophene rings is 2. The molecule has 0 bridgehead atoms. The molecule has 0 radical (unpaired) electrons. The second-order valence-electron chi connectivity index (χ2n) is 5.09. The number of aromatic nitrogens is 2. The molecule has 0 unspecified atom stereocenters. The van der Waals surface area contributed by atoms with Gasteiger partial charge in [0, 0.05) is 20.9 Å². The van der Waals surface area contributed by atoms with Crippen molar-refractivity contribution in [1.29, 1.82) is 0 Å². The molecule has 0 aliphatic rings. The largest absolute Gasteiger partial charge is 0.276 e. The Balaban J connectivity index is 1.92. The first-order chi connectivity index (χ1) is 12.2. The fourth-order valence-corrected chi connectivity index (χ4v) is 5.41. The summed E-state index contributed by atoms with van der Waals surface area (Å²) >= 11 is 15.3. The molecule has 0 saturated carbocycles. The molecule has 4 nitrogen and oxygen atoms in total. The summed E-state index contributed by atoms with van der Waals surface area (Å²) in [7, 11) is 0. The van der Waals surface area contributed by atoms with E-state index in [1.165, 1.54) is 11.3 Å². The number of rotatable bonds is 5. The summed E-state index contributed by atoms with van der Waals surface area (Å²) < 4.78 is 13.7. The molecule has 25 heavy (non-hydrogen) atoms. The average molecular weight is 427 g/mol. The maximum absolute atomic E-state index is 11.7. The van der Waals surface area contributed by atoms with Crippen LogP contribution in [0.4, 0.5) is 0 Å². The smallest absolute Gasteiger partial charge is 0.253 e. The molecule has 0 spiro atoms. The molecule has 126 valence electrons. The number of carbonyl (C=O) groups excluding carboxylic acids is 1. The number of hydrogen-bond donors (Lipinski definition) is 0. The molecule has 0 saturated heterocycles. The zero-order chi connectivity index (χ0) is 17.4. The number of benzene rings is 1. The zero-order valence-corrected chi connectivity index (χ0v) is 16.3. The summed E-state index contributed by atoms with van der Waals surface area (Å²) in [5.74, 6) is 0. The van der Waals surface area contributed by atoms with Crippen molar-refractivity contribution in [3.8, 4) is 20.9 Å². The van der Waals surface area contributed by atoms with Crippen LogP contribution in [0.5, 0.6) is 0 Å². The first-order valence-electron chi connectivity index (χ1n) is 7.04. The van der Waals surface area contributed by atoms with Gasteiger partial charge in [0.05, 0.1) is 35.8 Å². The van der Waals surface area contributed by atoms with Crippen molar-refractivity contribution >= 4 is 74.1 Å². The van der Waals surface area contributed by atoms with E-state index < -0.39 is 5.24 Å². The highest BCUT2D eigenvalue weighted by Crippen LogP contribution is 2.41. The van der Waals surface area contributed by atoms with E-state index in [0.717, 1.165) is 49.2 Å². The lowest BCUT2D eigenvalue weighted by molar-refractivity contribution is 0.108. The lowest BCUT2D eigenvalue weighted by Crippen LogP contribution is -1.91. The van der Waals surface area contributed by atoms with Gasteiger partial charge in [-0.3, -0.25) is 9.08 Å². The van der Waals surface area contributed by atoms with Crippen LogP contribution in [0.1, 0.15) is 15.9 Å². The molecule has 0 atom stereocenters. The molecule has 3 aromatic heterocycles. The lowest BCUT2D eigenvalue weighted by Gasteiger charge is -2.07. The minimum Gasteiger partial charge on any atom is -0.276 e. The fourth-order valence-electron chi connectivity index (χ4n) is 2.65. The van der Waals surface area contributed by atoms with E-state index in [0.29, 0.717) is 12.2 Å². The summed E-state index contributed by atoms with van der Waals surface area (Å²) in [5.41, 5.74) is 4.87. The minimum atomic E-state index is -0.475. The minimum absolute atomic E-state index is 0.316. The Morgan fingerprint density at radius 2 is 1.64 bits per heavy atom. The van der Waals surface area contributed by atoms with Crippen LogP contribution in [0, 0.1) is 0 Å². The highest BCUT2D eigenvalue weighted by atomic mass is 35.5. The van der Waals surface area contributed by atoms with Gasteiger partial charge >= 0.3 is 0 Å². The van der Waals surface area contributed by atoms with Crippen LogP contribution in [-0.4, -0.2) is 14.0 Å². The molecule has 0 fully saturated rings.